The summed E-state index contributed by atoms with van der Waals surface area (Å²) in [5.41, 5.74) is 0.492. The quantitative estimate of drug-likeness (QED) is 0.814. The molecule has 0 fully saturated rings. The third-order valence-electron chi connectivity index (χ3n) is 2.48. The third-order valence-corrected chi connectivity index (χ3v) is 6.11. The molecular formula is C12H14BrN3O2S2. The number of halogens is 1. The number of sulfonamides is 1. The summed E-state index contributed by atoms with van der Waals surface area (Å²) in [6.07, 6.45) is 3.08. The molecule has 0 unspecified atom stereocenters. The van der Waals surface area contributed by atoms with Crippen LogP contribution in [0.25, 0.3) is 0 Å². The monoisotopic (exact) mass is 375 g/mol. The van der Waals surface area contributed by atoms with Gasteiger partial charge in [0, 0.05) is 23.8 Å². The summed E-state index contributed by atoms with van der Waals surface area (Å²) in [6.45, 7) is 3.50. The molecule has 0 spiro atoms. The van der Waals surface area contributed by atoms with Gasteiger partial charge in [0.15, 0.2) is 0 Å². The predicted octanol–water partition coefficient (Wildman–Crippen LogP) is 2.82. The zero-order valence-corrected chi connectivity index (χ0v) is 14.0. The Morgan fingerprint density at radius 2 is 2.05 bits per heavy atom. The van der Waals surface area contributed by atoms with Crippen molar-refractivity contribution in [3.8, 4) is 0 Å². The van der Waals surface area contributed by atoms with Gasteiger partial charge in [-0.15, -0.1) is 11.3 Å². The molecule has 0 aliphatic heterocycles. The standard InChI is InChI=1S/C12H14BrN3O2S2/c1-2-14-8-10-7-11(12(13)19-10)20(17,18)16-9-3-5-15-6-4-9/h3-7,14H,2,8H2,1H3,(H,15,16). The molecule has 108 valence electrons. The molecule has 2 aromatic rings. The molecule has 0 aliphatic carbocycles. The van der Waals surface area contributed by atoms with E-state index in [1.807, 2.05) is 6.92 Å². The molecule has 0 saturated heterocycles. The number of nitrogens with one attached hydrogen (secondary N) is 2. The van der Waals surface area contributed by atoms with Crippen LogP contribution in [0.15, 0.2) is 39.3 Å². The Kier molecular flexibility index (Phi) is 5.14. The van der Waals surface area contributed by atoms with Gasteiger partial charge in [-0.05, 0) is 40.7 Å². The van der Waals surface area contributed by atoms with Gasteiger partial charge in [0.1, 0.15) is 4.90 Å². The van der Waals surface area contributed by atoms with Crippen LogP contribution in [0, 0.1) is 0 Å². The van der Waals surface area contributed by atoms with Crippen LogP contribution in [0.2, 0.25) is 0 Å². The van der Waals surface area contributed by atoms with Crippen LogP contribution in [-0.4, -0.2) is 19.9 Å². The molecule has 2 heterocycles. The van der Waals surface area contributed by atoms with E-state index in [-0.39, 0.29) is 4.90 Å². The number of pyridine rings is 1. The van der Waals surface area contributed by atoms with E-state index in [0.717, 1.165) is 11.4 Å². The summed E-state index contributed by atoms with van der Waals surface area (Å²) in [7, 11) is -3.59. The van der Waals surface area contributed by atoms with E-state index in [0.29, 0.717) is 16.0 Å². The van der Waals surface area contributed by atoms with Gasteiger partial charge in [-0.3, -0.25) is 9.71 Å². The average Bonchev–Trinajstić information content (AvgIpc) is 2.79. The Hall–Kier alpha value is -0.960. The average molecular weight is 376 g/mol. The maximum atomic E-state index is 12.3. The lowest BCUT2D eigenvalue weighted by atomic mass is 10.4. The zero-order chi connectivity index (χ0) is 14.6. The highest BCUT2D eigenvalue weighted by atomic mass is 79.9. The number of hydrogen-bond donors (Lipinski definition) is 2. The molecule has 0 aliphatic rings. The van der Waals surface area contributed by atoms with Crippen LogP contribution in [0.1, 0.15) is 11.8 Å². The van der Waals surface area contributed by atoms with Crippen molar-refractivity contribution in [2.24, 2.45) is 0 Å². The van der Waals surface area contributed by atoms with Crippen LogP contribution in [0.3, 0.4) is 0 Å². The molecule has 0 aromatic carbocycles. The van der Waals surface area contributed by atoms with Gasteiger partial charge < -0.3 is 5.32 Å². The Bertz CT molecular complexity index is 671. The van der Waals surface area contributed by atoms with Crippen molar-refractivity contribution < 1.29 is 8.42 Å². The van der Waals surface area contributed by atoms with Gasteiger partial charge in [0.2, 0.25) is 0 Å². The number of thiophene rings is 1. The van der Waals surface area contributed by atoms with Gasteiger partial charge in [-0.25, -0.2) is 8.42 Å². The fourth-order valence-corrected chi connectivity index (χ4v) is 5.26. The van der Waals surface area contributed by atoms with Crippen molar-refractivity contribution in [2.45, 2.75) is 18.4 Å². The molecule has 0 saturated carbocycles. The highest BCUT2D eigenvalue weighted by Gasteiger charge is 2.20. The molecule has 0 radical (unpaired) electrons. The number of anilines is 1. The molecule has 2 N–H and O–H groups in total. The van der Waals surface area contributed by atoms with Crippen molar-refractivity contribution >= 4 is 43.0 Å². The largest absolute Gasteiger partial charge is 0.312 e. The van der Waals surface area contributed by atoms with E-state index < -0.39 is 10.0 Å². The number of hydrogen-bond acceptors (Lipinski definition) is 5. The van der Waals surface area contributed by atoms with E-state index in [1.54, 1.807) is 18.2 Å². The summed E-state index contributed by atoms with van der Waals surface area (Å²) >= 11 is 4.73. The highest BCUT2D eigenvalue weighted by molar-refractivity contribution is 9.11. The summed E-state index contributed by atoms with van der Waals surface area (Å²) in [4.78, 5) is 5.08. The molecule has 20 heavy (non-hydrogen) atoms. The lowest BCUT2D eigenvalue weighted by molar-refractivity contribution is 0.601. The van der Waals surface area contributed by atoms with Crippen LogP contribution < -0.4 is 10.0 Å². The lowest BCUT2D eigenvalue weighted by Crippen LogP contribution is -2.13. The van der Waals surface area contributed by atoms with E-state index in [2.05, 4.69) is 31.0 Å². The maximum Gasteiger partial charge on any atom is 0.263 e. The molecule has 2 aromatic heterocycles. The number of rotatable bonds is 6. The Morgan fingerprint density at radius 3 is 2.70 bits per heavy atom. The van der Waals surface area contributed by atoms with E-state index >= 15 is 0 Å². The van der Waals surface area contributed by atoms with Crippen molar-refractivity contribution in [2.75, 3.05) is 11.3 Å². The van der Waals surface area contributed by atoms with Crippen molar-refractivity contribution in [1.82, 2.24) is 10.3 Å². The van der Waals surface area contributed by atoms with Gasteiger partial charge in [-0.1, -0.05) is 6.92 Å². The second-order valence-electron chi connectivity index (χ2n) is 3.97. The fourth-order valence-electron chi connectivity index (χ4n) is 1.55. The Labute approximate surface area is 130 Å². The van der Waals surface area contributed by atoms with Gasteiger partial charge in [0.05, 0.1) is 9.47 Å². The molecule has 0 amide bonds. The minimum absolute atomic E-state index is 0.257. The van der Waals surface area contributed by atoms with E-state index in [1.165, 1.54) is 23.7 Å². The van der Waals surface area contributed by atoms with Crippen LogP contribution in [0.4, 0.5) is 5.69 Å². The van der Waals surface area contributed by atoms with Crippen LogP contribution in [0.5, 0.6) is 0 Å². The fraction of sp³-hybridized carbons (Fsp3) is 0.250. The smallest absolute Gasteiger partial charge is 0.263 e. The van der Waals surface area contributed by atoms with Gasteiger partial charge in [-0.2, -0.15) is 0 Å². The third kappa shape index (κ3) is 3.78. The van der Waals surface area contributed by atoms with Crippen LogP contribution in [-0.2, 0) is 16.6 Å². The predicted molar refractivity (Wildman–Crippen MR) is 84.4 cm³/mol. The first-order valence-electron chi connectivity index (χ1n) is 5.94. The minimum Gasteiger partial charge on any atom is -0.312 e. The minimum atomic E-state index is -3.59. The second-order valence-corrected chi connectivity index (χ2v) is 8.08. The number of nitrogens with zero attached hydrogens (tertiary/aromatic N) is 1. The normalized spacial score (nSPS) is 11.5. The second kappa shape index (κ2) is 6.66. The summed E-state index contributed by atoms with van der Waals surface area (Å²) in [5.74, 6) is 0. The van der Waals surface area contributed by atoms with Gasteiger partial charge >= 0.3 is 0 Å². The topological polar surface area (TPSA) is 71.1 Å². The number of aromatic nitrogens is 1. The first-order valence-corrected chi connectivity index (χ1v) is 9.04. The highest BCUT2D eigenvalue weighted by Crippen LogP contribution is 2.32. The lowest BCUT2D eigenvalue weighted by Gasteiger charge is -2.06. The molecule has 0 atom stereocenters. The molecular weight excluding hydrogens is 362 g/mol. The van der Waals surface area contributed by atoms with Crippen molar-refractivity contribution in [1.29, 1.82) is 0 Å². The summed E-state index contributed by atoms with van der Waals surface area (Å²) < 4.78 is 27.8. The van der Waals surface area contributed by atoms with Crippen molar-refractivity contribution in [3.05, 3.63) is 39.3 Å². The molecule has 5 nitrogen and oxygen atoms in total. The Balaban J connectivity index is 2.23. The zero-order valence-electron chi connectivity index (χ0n) is 10.8. The molecule has 0 bridgehead atoms. The first kappa shape index (κ1) is 15.4. The Morgan fingerprint density at radius 1 is 1.35 bits per heavy atom. The molecule has 8 heteroatoms. The summed E-state index contributed by atoms with van der Waals surface area (Å²) in [5, 5.41) is 3.17. The SMILES string of the molecule is CCNCc1cc(S(=O)(=O)Nc2ccncc2)c(Br)s1. The van der Waals surface area contributed by atoms with Crippen molar-refractivity contribution in [3.63, 3.8) is 0 Å². The van der Waals surface area contributed by atoms with E-state index in [4.69, 9.17) is 0 Å². The summed E-state index contributed by atoms with van der Waals surface area (Å²) in [6, 6.07) is 4.90. The molecule has 2 rings (SSSR count). The van der Waals surface area contributed by atoms with Gasteiger partial charge in [0.25, 0.3) is 10.0 Å². The van der Waals surface area contributed by atoms with Crippen LogP contribution >= 0.6 is 27.3 Å². The first-order chi connectivity index (χ1) is 9.53. The maximum absolute atomic E-state index is 12.3. The van der Waals surface area contributed by atoms with E-state index in [9.17, 15) is 8.42 Å².